The maximum absolute atomic E-state index is 11.2. The molecule has 1 N–H and O–H groups in total. The molecule has 14 heavy (non-hydrogen) atoms. The summed E-state index contributed by atoms with van der Waals surface area (Å²) >= 11 is 0. The second kappa shape index (κ2) is 2.69. The van der Waals surface area contributed by atoms with Crippen molar-refractivity contribution < 1.29 is 19.1 Å². The summed E-state index contributed by atoms with van der Waals surface area (Å²) in [7, 11) is 0. The fourth-order valence-electron chi connectivity index (χ4n) is 1.27. The highest BCUT2D eigenvalue weighted by atomic mass is 16.4. The second-order valence-electron chi connectivity index (χ2n) is 2.74. The quantitative estimate of drug-likeness (QED) is 0.555. The van der Waals surface area contributed by atoms with Crippen LogP contribution in [0, 0.1) is 6.92 Å². The van der Waals surface area contributed by atoms with E-state index >= 15 is 0 Å². The number of carbonyl (C=O) groups is 2. The van der Waals surface area contributed by atoms with Gasteiger partial charge >= 0.3 is 11.8 Å². The van der Waals surface area contributed by atoms with E-state index in [1.807, 2.05) is 0 Å². The number of carbonyl (C=O) groups excluding carboxylic acids is 1. The van der Waals surface area contributed by atoms with Gasteiger partial charge in [0.2, 0.25) is 0 Å². The van der Waals surface area contributed by atoms with Crippen molar-refractivity contribution >= 4 is 17.6 Å². The van der Waals surface area contributed by atoms with E-state index in [0.717, 1.165) is 0 Å². The number of aliphatic carboxylic acids is 1. The summed E-state index contributed by atoms with van der Waals surface area (Å²) < 4.78 is 6.23. The standard InChI is InChI=1S/C8H6N2O4/c1-4-5(6(11)7(12)13)10-2-3-14-8(10)9-4/h2-3H,1H3,(H,12,13). The number of rotatable bonds is 2. The van der Waals surface area contributed by atoms with Crippen LogP contribution in [0.15, 0.2) is 16.9 Å². The average Bonchev–Trinajstić information content (AvgIpc) is 2.62. The summed E-state index contributed by atoms with van der Waals surface area (Å²) in [6, 6.07) is 0. The molecule has 0 aliphatic carbocycles. The van der Waals surface area contributed by atoms with E-state index in [4.69, 9.17) is 9.52 Å². The number of hydrogen-bond donors (Lipinski definition) is 1. The molecule has 0 unspecified atom stereocenters. The minimum Gasteiger partial charge on any atom is -0.475 e. The van der Waals surface area contributed by atoms with Crippen LogP contribution < -0.4 is 0 Å². The maximum atomic E-state index is 11.2. The van der Waals surface area contributed by atoms with Crippen LogP contribution in [0.1, 0.15) is 16.2 Å². The molecular formula is C8H6N2O4. The SMILES string of the molecule is Cc1nc2occn2c1C(=O)C(=O)O. The Balaban J connectivity index is 2.70. The normalized spacial score (nSPS) is 10.6. The molecule has 0 aromatic carbocycles. The van der Waals surface area contributed by atoms with Crippen molar-refractivity contribution in [1.29, 1.82) is 0 Å². The number of carboxylic acids is 1. The van der Waals surface area contributed by atoms with Crippen molar-refractivity contribution in [2.75, 3.05) is 0 Å². The zero-order valence-corrected chi connectivity index (χ0v) is 7.22. The Bertz CT molecular complexity index is 522. The Morgan fingerprint density at radius 1 is 1.57 bits per heavy atom. The second-order valence-corrected chi connectivity index (χ2v) is 2.74. The Hall–Kier alpha value is -2.11. The largest absolute Gasteiger partial charge is 0.475 e. The van der Waals surface area contributed by atoms with E-state index in [1.54, 1.807) is 6.92 Å². The summed E-state index contributed by atoms with van der Waals surface area (Å²) in [4.78, 5) is 25.6. The summed E-state index contributed by atoms with van der Waals surface area (Å²) in [5.41, 5.74) is 0.373. The first-order valence-electron chi connectivity index (χ1n) is 3.81. The van der Waals surface area contributed by atoms with Crippen LogP contribution in [0.3, 0.4) is 0 Å². The lowest BCUT2D eigenvalue weighted by Gasteiger charge is -1.93. The van der Waals surface area contributed by atoms with Crippen LogP contribution >= 0.6 is 0 Å². The van der Waals surface area contributed by atoms with Gasteiger partial charge in [0.05, 0.1) is 5.69 Å². The number of nitrogens with zero attached hydrogens (tertiary/aromatic N) is 2. The van der Waals surface area contributed by atoms with Gasteiger partial charge in [0.25, 0.3) is 5.78 Å². The van der Waals surface area contributed by atoms with Crippen molar-refractivity contribution in [3.63, 3.8) is 0 Å². The monoisotopic (exact) mass is 194 g/mol. The third kappa shape index (κ3) is 1.00. The van der Waals surface area contributed by atoms with Gasteiger partial charge < -0.3 is 9.52 Å². The van der Waals surface area contributed by atoms with Crippen molar-refractivity contribution in [2.24, 2.45) is 0 Å². The van der Waals surface area contributed by atoms with Gasteiger partial charge in [0.15, 0.2) is 0 Å². The van der Waals surface area contributed by atoms with Gasteiger partial charge in [0.1, 0.15) is 12.0 Å². The van der Waals surface area contributed by atoms with Gasteiger partial charge in [-0.2, -0.15) is 4.98 Å². The average molecular weight is 194 g/mol. The van der Waals surface area contributed by atoms with Gasteiger partial charge in [-0.25, -0.2) is 4.79 Å². The Labute approximate surface area is 77.8 Å². The number of oxazole rings is 1. The first kappa shape index (κ1) is 8.49. The third-order valence-corrected chi connectivity index (χ3v) is 1.85. The van der Waals surface area contributed by atoms with Gasteiger partial charge in [-0.3, -0.25) is 9.20 Å². The smallest absolute Gasteiger partial charge is 0.378 e. The van der Waals surface area contributed by atoms with E-state index in [2.05, 4.69) is 4.98 Å². The highest BCUT2D eigenvalue weighted by molar-refractivity contribution is 6.39. The molecule has 0 atom stereocenters. The van der Waals surface area contributed by atoms with Gasteiger partial charge in [0, 0.05) is 6.20 Å². The molecule has 0 amide bonds. The minimum absolute atomic E-state index is 0.0289. The lowest BCUT2D eigenvalue weighted by Crippen LogP contribution is -2.15. The first-order valence-corrected chi connectivity index (χ1v) is 3.81. The van der Waals surface area contributed by atoms with Crippen LogP contribution in [0.2, 0.25) is 0 Å². The summed E-state index contributed by atoms with van der Waals surface area (Å²) in [6.07, 6.45) is 2.78. The molecule has 6 nitrogen and oxygen atoms in total. The molecule has 0 aliphatic heterocycles. The van der Waals surface area contributed by atoms with Crippen LogP contribution in [0.5, 0.6) is 0 Å². The van der Waals surface area contributed by atoms with Crippen LogP contribution in [0.25, 0.3) is 5.84 Å². The number of aromatic nitrogens is 2. The Morgan fingerprint density at radius 2 is 2.29 bits per heavy atom. The summed E-state index contributed by atoms with van der Waals surface area (Å²) in [5, 5.41) is 8.55. The van der Waals surface area contributed by atoms with E-state index in [9.17, 15) is 9.59 Å². The highest BCUT2D eigenvalue weighted by Crippen LogP contribution is 2.13. The fraction of sp³-hybridized carbons (Fsp3) is 0.125. The van der Waals surface area contributed by atoms with Crippen LogP contribution in [-0.2, 0) is 4.79 Å². The zero-order valence-electron chi connectivity index (χ0n) is 7.22. The molecular weight excluding hydrogens is 188 g/mol. The number of fused-ring (bicyclic) bond motifs is 1. The fourth-order valence-corrected chi connectivity index (χ4v) is 1.27. The van der Waals surface area contributed by atoms with E-state index < -0.39 is 11.8 Å². The minimum atomic E-state index is -1.50. The molecule has 2 rings (SSSR count). The van der Waals surface area contributed by atoms with Gasteiger partial charge in [-0.05, 0) is 6.92 Å². The Kier molecular flexibility index (Phi) is 1.63. The van der Waals surface area contributed by atoms with Crippen molar-refractivity contribution in [3.8, 4) is 0 Å². The number of hydrogen-bond acceptors (Lipinski definition) is 4. The molecule has 0 fully saturated rings. The van der Waals surface area contributed by atoms with E-state index in [0.29, 0.717) is 5.69 Å². The number of ketones is 1. The zero-order chi connectivity index (χ0) is 10.3. The number of carboxylic acid groups (broad SMARTS) is 1. The molecule has 2 heterocycles. The predicted octanol–water partition coefficient (Wildman–Crippen LogP) is 0.503. The summed E-state index contributed by atoms with van der Waals surface area (Å²) in [6.45, 7) is 1.55. The molecule has 0 bridgehead atoms. The number of Topliss-reactive ketones (excluding diaryl/α,β-unsaturated/α-hetero) is 1. The van der Waals surface area contributed by atoms with Crippen molar-refractivity contribution in [1.82, 2.24) is 9.38 Å². The molecule has 0 spiro atoms. The maximum Gasteiger partial charge on any atom is 0.378 e. The molecule has 2 aromatic rings. The first-order chi connectivity index (χ1) is 6.61. The van der Waals surface area contributed by atoms with Crippen molar-refractivity contribution in [2.45, 2.75) is 6.92 Å². The molecule has 0 radical (unpaired) electrons. The molecule has 6 heteroatoms. The number of aryl methyl sites for hydroxylation is 1. The van der Waals surface area contributed by atoms with E-state index in [1.165, 1.54) is 16.9 Å². The van der Waals surface area contributed by atoms with Gasteiger partial charge in [-0.15, -0.1) is 0 Å². The molecule has 72 valence electrons. The van der Waals surface area contributed by atoms with Crippen LogP contribution in [-0.4, -0.2) is 26.2 Å². The molecule has 0 aliphatic rings. The highest BCUT2D eigenvalue weighted by Gasteiger charge is 2.23. The third-order valence-electron chi connectivity index (χ3n) is 1.85. The predicted molar refractivity (Wildman–Crippen MR) is 44.2 cm³/mol. The van der Waals surface area contributed by atoms with E-state index in [-0.39, 0.29) is 11.5 Å². The Morgan fingerprint density at radius 3 is 2.93 bits per heavy atom. The van der Waals surface area contributed by atoms with Crippen molar-refractivity contribution in [3.05, 3.63) is 23.8 Å². The van der Waals surface area contributed by atoms with Gasteiger partial charge in [-0.1, -0.05) is 0 Å². The lowest BCUT2D eigenvalue weighted by atomic mass is 10.2. The topological polar surface area (TPSA) is 84.8 Å². The van der Waals surface area contributed by atoms with Crippen LogP contribution in [0.4, 0.5) is 0 Å². The molecule has 0 saturated carbocycles. The molecule has 0 saturated heterocycles. The number of imidazole rings is 1. The molecule has 2 aromatic heterocycles. The summed E-state index contributed by atoms with van der Waals surface area (Å²) in [5.74, 6) is -2.28. The lowest BCUT2D eigenvalue weighted by molar-refractivity contribution is -0.131.